The van der Waals surface area contributed by atoms with Crippen molar-refractivity contribution in [3.8, 4) is 0 Å². The van der Waals surface area contributed by atoms with Gasteiger partial charge in [-0.1, -0.05) is 64.4 Å². The smallest absolute Gasteiger partial charge is 0.290 e. The lowest BCUT2D eigenvalue weighted by Crippen LogP contribution is -2.30. The lowest BCUT2D eigenvalue weighted by molar-refractivity contribution is 0.0725. The molecule has 1 atom stereocenters. The van der Waals surface area contributed by atoms with Gasteiger partial charge in [-0.05, 0) is 54.0 Å². The van der Waals surface area contributed by atoms with E-state index in [1.54, 1.807) is 0 Å². The lowest BCUT2D eigenvalue weighted by Gasteiger charge is -2.26. The molecule has 1 aliphatic rings. The van der Waals surface area contributed by atoms with Crippen LogP contribution in [0.3, 0.4) is 0 Å². The van der Waals surface area contributed by atoms with E-state index < -0.39 is 6.04 Å². The number of nitrogens with zero attached hydrogens (tertiary/aromatic N) is 1. The maximum Gasteiger partial charge on any atom is 0.290 e. The average molecular weight is 418 g/mol. The Kier molecular flexibility index (Phi) is 5.28. The Hall–Kier alpha value is -2.88. The number of benzene rings is 2. The third-order valence-electron chi connectivity index (χ3n) is 6.26. The molecular formula is C27H31NO3. The highest BCUT2D eigenvalue weighted by molar-refractivity contribution is 5.99. The molecule has 0 saturated heterocycles. The number of aryl methyl sites for hydroxylation is 2. The van der Waals surface area contributed by atoms with Gasteiger partial charge in [0.15, 0.2) is 5.43 Å². The van der Waals surface area contributed by atoms with Crippen LogP contribution in [-0.2, 0) is 5.41 Å². The van der Waals surface area contributed by atoms with E-state index in [1.807, 2.05) is 30.9 Å². The Morgan fingerprint density at radius 2 is 1.71 bits per heavy atom. The van der Waals surface area contributed by atoms with E-state index in [9.17, 15) is 9.59 Å². The summed E-state index contributed by atoms with van der Waals surface area (Å²) in [5.41, 5.74) is 4.98. The summed E-state index contributed by atoms with van der Waals surface area (Å²) in [6.07, 6.45) is 1.85. The molecule has 3 aromatic rings. The number of amides is 1. The Morgan fingerprint density at radius 1 is 1.03 bits per heavy atom. The first-order chi connectivity index (χ1) is 14.6. The summed E-state index contributed by atoms with van der Waals surface area (Å²) in [6, 6.07) is 11.7. The molecule has 0 radical (unpaired) electrons. The summed E-state index contributed by atoms with van der Waals surface area (Å²) >= 11 is 0. The number of carbonyl (C=O) groups excluding carboxylic acids is 1. The van der Waals surface area contributed by atoms with Gasteiger partial charge in [0.2, 0.25) is 5.76 Å². The van der Waals surface area contributed by atoms with Gasteiger partial charge in [0, 0.05) is 6.54 Å². The monoisotopic (exact) mass is 417 g/mol. The van der Waals surface area contributed by atoms with Gasteiger partial charge >= 0.3 is 0 Å². The maximum absolute atomic E-state index is 13.7. The molecule has 0 N–H and O–H groups in total. The van der Waals surface area contributed by atoms with E-state index in [4.69, 9.17) is 4.42 Å². The summed E-state index contributed by atoms with van der Waals surface area (Å²) in [4.78, 5) is 28.9. The van der Waals surface area contributed by atoms with Crippen LogP contribution >= 0.6 is 0 Å². The molecule has 4 nitrogen and oxygen atoms in total. The van der Waals surface area contributed by atoms with Gasteiger partial charge in [-0.3, -0.25) is 9.59 Å². The fourth-order valence-electron chi connectivity index (χ4n) is 4.58. The van der Waals surface area contributed by atoms with Crippen molar-refractivity contribution in [2.45, 2.75) is 65.8 Å². The third kappa shape index (κ3) is 3.58. The topological polar surface area (TPSA) is 50.5 Å². The molecule has 0 fully saturated rings. The minimum Gasteiger partial charge on any atom is -0.450 e. The van der Waals surface area contributed by atoms with Crippen LogP contribution < -0.4 is 5.43 Å². The molecule has 0 saturated carbocycles. The van der Waals surface area contributed by atoms with Crippen LogP contribution in [-0.4, -0.2) is 17.4 Å². The van der Waals surface area contributed by atoms with Crippen LogP contribution in [0.25, 0.3) is 11.0 Å². The van der Waals surface area contributed by atoms with Gasteiger partial charge in [0.25, 0.3) is 5.91 Å². The first kappa shape index (κ1) is 21.4. The van der Waals surface area contributed by atoms with E-state index in [-0.39, 0.29) is 22.5 Å². The van der Waals surface area contributed by atoms with Gasteiger partial charge < -0.3 is 9.32 Å². The van der Waals surface area contributed by atoms with Crippen LogP contribution in [0.15, 0.2) is 45.6 Å². The molecule has 4 heteroatoms. The molecule has 1 aromatic heterocycles. The standard InChI is InChI=1S/C27H31NO3/c1-7-8-13-28-23(18-9-11-19(12-10-18)27(4,5)6)22-24(29)21-17(3)14-16(2)15-20(21)31-25(22)26(28)30/h9-12,14-15,23H,7-8,13H2,1-6H3. The first-order valence-corrected chi connectivity index (χ1v) is 11.1. The molecular weight excluding hydrogens is 386 g/mol. The van der Waals surface area contributed by atoms with Gasteiger partial charge in [-0.15, -0.1) is 0 Å². The third-order valence-corrected chi connectivity index (χ3v) is 6.26. The molecule has 2 heterocycles. The molecule has 0 aliphatic carbocycles. The maximum atomic E-state index is 13.7. The number of hydrogen-bond acceptors (Lipinski definition) is 3. The van der Waals surface area contributed by atoms with Crippen molar-refractivity contribution in [2.75, 3.05) is 6.54 Å². The molecule has 1 amide bonds. The van der Waals surface area contributed by atoms with E-state index in [2.05, 4.69) is 52.0 Å². The molecule has 162 valence electrons. The second kappa shape index (κ2) is 7.67. The summed E-state index contributed by atoms with van der Waals surface area (Å²) in [5.74, 6) is 0.00927. The minimum atomic E-state index is -0.413. The molecule has 31 heavy (non-hydrogen) atoms. The average Bonchev–Trinajstić information content (AvgIpc) is 2.97. The van der Waals surface area contributed by atoms with Gasteiger partial charge in [-0.2, -0.15) is 0 Å². The first-order valence-electron chi connectivity index (χ1n) is 11.1. The number of carbonyl (C=O) groups is 1. The molecule has 0 bridgehead atoms. The van der Waals surface area contributed by atoms with Crippen LogP contribution in [0.5, 0.6) is 0 Å². The van der Waals surface area contributed by atoms with Crippen molar-refractivity contribution in [2.24, 2.45) is 0 Å². The quantitative estimate of drug-likeness (QED) is 0.519. The van der Waals surface area contributed by atoms with E-state index in [1.165, 1.54) is 5.56 Å². The summed E-state index contributed by atoms with van der Waals surface area (Å²) < 4.78 is 6.11. The normalized spacial score (nSPS) is 16.3. The van der Waals surface area contributed by atoms with Gasteiger partial charge in [0.1, 0.15) is 5.58 Å². The SMILES string of the molecule is CCCCN1C(=O)c2oc3cc(C)cc(C)c3c(=O)c2C1c1ccc(C(C)(C)C)cc1. The molecule has 1 unspecified atom stereocenters. The van der Waals surface area contributed by atoms with Crippen LogP contribution in [0.4, 0.5) is 0 Å². The van der Waals surface area contributed by atoms with Crippen LogP contribution in [0, 0.1) is 13.8 Å². The van der Waals surface area contributed by atoms with Crippen molar-refractivity contribution in [3.63, 3.8) is 0 Å². The number of unbranched alkanes of at least 4 members (excludes halogenated alkanes) is 1. The summed E-state index contributed by atoms with van der Waals surface area (Å²) in [5, 5.41) is 0.575. The zero-order valence-corrected chi connectivity index (χ0v) is 19.3. The number of hydrogen-bond donors (Lipinski definition) is 0. The van der Waals surface area contributed by atoms with Crippen LogP contribution in [0.2, 0.25) is 0 Å². The zero-order valence-electron chi connectivity index (χ0n) is 19.3. The fourth-order valence-corrected chi connectivity index (χ4v) is 4.58. The Balaban J connectivity index is 1.94. The van der Waals surface area contributed by atoms with E-state index in [0.717, 1.165) is 29.5 Å². The van der Waals surface area contributed by atoms with Crippen molar-refractivity contribution < 1.29 is 9.21 Å². The second-order valence-corrected chi connectivity index (χ2v) is 9.76. The van der Waals surface area contributed by atoms with Crippen molar-refractivity contribution in [1.29, 1.82) is 0 Å². The Bertz CT molecular complexity index is 1210. The predicted octanol–water partition coefficient (Wildman–Crippen LogP) is 6.05. The lowest BCUT2D eigenvalue weighted by atomic mass is 9.85. The van der Waals surface area contributed by atoms with Gasteiger partial charge in [-0.25, -0.2) is 0 Å². The molecule has 4 rings (SSSR count). The predicted molar refractivity (Wildman–Crippen MR) is 125 cm³/mol. The van der Waals surface area contributed by atoms with Crippen LogP contribution in [0.1, 0.15) is 85.0 Å². The molecule has 1 aliphatic heterocycles. The van der Waals surface area contributed by atoms with E-state index in [0.29, 0.717) is 23.1 Å². The van der Waals surface area contributed by atoms with E-state index >= 15 is 0 Å². The highest BCUT2D eigenvalue weighted by Crippen LogP contribution is 2.39. The van der Waals surface area contributed by atoms with Crippen molar-refractivity contribution in [3.05, 3.63) is 80.2 Å². The highest BCUT2D eigenvalue weighted by Gasteiger charge is 2.42. The summed E-state index contributed by atoms with van der Waals surface area (Å²) in [6.45, 7) is 13.1. The Labute approximate surface area is 183 Å². The number of rotatable bonds is 4. The second-order valence-electron chi connectivity index (χ2n) is 9.76. The van der Waals surface area contributed by atoms with Crippen molar-refractivity contribution in [1.82, 2.24) is 4.90 Å². The summed E-state index contributed by atoms with van der Waals surface area (Å²) in [7, 11) is 0. The van der Waals surface area contributed by atoms with Gasteiger partial charge in [0.05, 0.1) is 17.0 Å². The minimum absolute atomic E-state index is 0.0357. The highest BCUT2D eigenvalue weighted by atomic mass is 16.3. The largest absolute Gasteiger partial charge is 0.450 e. The van der Waals surface area contributed by atoms with Crippen molar-refractivity contribution >= 4 is 16.9 Å². The number of fused-ring (bicyclic) bond motifs is 2. The fraction of sp³-hybridized carbons (Fsp3) is 0.407. The molecule has 0 spiro atoms. The molecule has 2 aromatic carbocycles. The zero-order chi connectivity index (χ0) is 22.5. The Morgan fingerprint density at radius 3 is 2.32 bits per heavy atom.